The van der Waals surface area contributed by atoms with Crippen LogP contribution < -0.4 is 14.8 Å². The molecule has 1 N–H and O–H groups in total. The number of ether oxygens (including phenoxy) is 2. The fraction of sp³-hybridized carbons (Fsp3) is 0.417. The van der Waals surface area contributed by atoms with Gasteiger partial charge >= 0.3 is 0 Å². The second-order valence-corrected chi connectivity index (χ2v) is 3.95. The summed E-state index contributed by atoms with van der Waals surface area (Å²) in [6.07, 6.45) is 0.909. The van der Waals surface area contributed by atoms with E-state index in [1.807, 2.05) is 12.1 Å². The second kappa shape index (κ2) is 4.84. The van der Waals surface area contributed by atoms with Crippen LogP contribution in [0.25, 0.3) is 0 Å². The Hall–Kier alpha value is -1.42. The number of hydrogen-bond acceptors (Lipinski definition) is 4. The van der Waals surface area contributed by atoms with E-state index in [0.29, 0.717) is 0 Å². The molecular weight excluding hydrogens is 240 g/mol. The third kappa shape index (κ3) is 2.05. The van der Waals surface area contributed by atoms with Crippen molar-refractivity contribution in [2.45, 2.75) is 12.5 Å². The third-order valence-electron chi connectivity index (χ3n) is 2.95. The lowest BCUT2D eigenvalue weighted by atomic mass is 10.1. The van der Waals surface area contributed by atoms with Gasteiger partial charge in [0, 0.05) is 18.5 Å². The van der Waals surface area contributed by atoms with E-state index in [9.17, 15) is 0 Å². The van der Waals surface area contributed by atoms with Gasteiger partial charge in [0.05, 0.1) is 13.7 Å². The molecule has 1 unspecified atom stereocenters. The Morgan fingerprint density at radius 2 is 2.35 bits per heavy atom. The molecule has 0 fully saturated rings. The average Bonchev–Trinajstić information content (AvgIpc) is 2.96. The summed E-state index contributed by atoms with van der Waals surface area (Å²) in [5.74, 6) is 2.64. The van der Waals surface area contributed by atoms with Crippen molar-refractivity contribution in [3.05, 3.63) is 23.8 Å². The van der Waals surface area contributed by atoms with Gasteiger partial charge in [0.15, 0.2) is 17.6 Å². The van der Waals surface area contributed by atoms with Crippen molar-refractivity contribution < 1.29 is 9.47 Å². The number of nitrogens with zero attached hydrogens (tertiary/aromatic N) is 1. The van der Waals surface area contributed by atoms with Crippen molar-refractivity contribution in [2.24, 2.45) is 4.99 Å². The van der Waals surface area contributed by atoms with E-state index in [4.69, 9.17) is 9.47 Å². The maximum atomic E-state index is 5.89. The van der Waals surface area contributed by atoms with Crippen LogP contribution in [0.5, 0.6) is 11.5 Å². The second-order valence-electron chi connectivity index (χ2n) is 3.95. The van der Waals surface area contributed by atoms with Crippen molar-refractivity contribution in [2.75, 3.05) is 20.2 Å². The minimum Gasteiger partial charge on any atom is -0.493 e. The van der Waals surface area contributed by atoms with Gasteiger partial charge in [-0.3, -0.25) is 4.99 Å². The molecule has 3 rings (SSSR count). The zero-order chi connectivity index (χ0) is 11.0. The first-order valence-corrected chi connectivity index (χ1v) is 5.49. The molecule has 0 saturated carbocycles. The first-order valence-electron chi connectivity index (χ1n) is 5.49. The van der Waals surface area contributed by atoms with Gasteiger partial charge in [0.2, 0.25) is 0 Å². The minimum atomic E-state index is 0. The summed E-state index contributed by atoms with van der Waals surface area (Å²) in [5, 5.41) is 3.26. The van der Waals surface area contributed by atoms with Gasteiger partial charge in [-0.25, -0.2) is 0 Å². The quantitative estimate of drug-likeness (QED) is 0.868. The van der Waals surface area contributed by atoms with Gasteiger partial charge in [0.25, 0.3) is 0 Å². The van der Waals surface area contributed by atoms with Crippen molar-refractivity contribution >= 4 is 18.2 Å². The topological polar surface area (TPSA) is 42.9 Å². The Kier molecular flexibility index (Phi) is 3.43. The number of amidine groups is 1. The first kappa shape index (κ1) is 12.0. The molecule has 0 saturated heterocycles. The van der Waals surface area contributed by atoms with E-state index in [2.05, 4.69) is 16.4 Å². The maximum Gasteiger partial charge on any atom is 0.165 e. The van der Waals surface area contributed by atoms with Gasteiger partial charge in [-0.05, 0) is 6.07 Å². The highest BCUT2D eigenvalue weighted by atomic mass is 35.5. The van der Waals surface area contributed by atoms with E-state index in [-0.39, 0.29) is 18.5 Å². The molecule has 0 radical (unpaired) electrons. The molecule has 2 aliphatic rings. The Balaban J connectivity index is 0.00000108. The van der Waals surface area contributed by atoms with Crippen LogP contribution in [0.3, 0.4) is 0 Å². The maximum absolute atomic E-state index is 5.89. The highest BCUT2D eigenvalue weighted by molar-refractivity contribution is 5.89. The summed E-state index contributed by atoms with van der Waals surface area (Å²) in [6.45, 7) is 1.77. The number of hydrogen-bond donors (Lipinski definition) is 1. The lowest BCUT2D eigenvalue weighted by Gasteiger charge is -2.12. The summed E-state index contributed by atoms with van der Waals surface area (Å²) >= 11 is 0. The molecule has 2 heterocycles. The molecule has 1 aromatic rings. The average molecular weight is 255 g/mol. The summed E-state index contributed by atoms with van der Waals surface area (Å²) in [6, 6.07) is 5.99. The van der Waals surface area contributed by atoms with Gasteiger partial charge in [-0.2, -0.15) is 0 Å². The number of para-hydroxylation sites is 1. The predicted octanol–water partition coefficient (Wildman–Crippen LogP) is 1.42. The first-order chi connectivity index (χ1) is 7.88. The molecule has 92 valence electrons. The van der Waals surface area contributed by atoms with Crippen molar-refractivity contribution in [3.8, 4) is 11.5 Å². The Morgan fingerprint density at radius 3 is 3.06 bits per heavy atom. The summed E-state index contributed by atoms with van der Waals surface area (Å²) < 4.78 is 11.2. The van der Waals surface area contributed by atoms with Crippen LogP contribution in [-0.2, 0) is 6.42 Å². The number of aliphatic imine (C=N–C) groups is 1. The molecule has 1 aromatic carbocycles. The molecule has 2 aliphatic heterocycles. The van der Waals surface area contributed by atoms with E-state index in [1.54, 1.807) is 7.11 Å². The van der Waals surface area contributed by atoms with Gasteiger partial charge < -0.3 is 14.8 Å². The van der Waals surface area contributed by atoms with Gasteiger partial charge in [-0.15, -0.1) is 12.4 Å². The van der Waals surface area contributed by atoms with Crippen LogP contribution in [0, 0.1) is 0 Å². The van der Waals surface area contributed by atoms with Crippen LogP contribution >= 0.6 is 12.4 Å². The van der Waals surface area contributed by atoms with Crippen molar-refractivity contribution in [1.29, 1.82) is 0 Å². The Morgan fingerprint density at radius 1 is 1.47 bits per heavy atom. The zero-order valence-electron chi connectivity index (χ0n) is 9.60. The van der Waals surface area contributed by atoms with Crippen LogP contribution in [-0.4, -0.2) is 32.1 Å². The molecule has 5 heteroatoms. The largest absolute Gasteiger partial charge is 0.493 e. The highest BCUT2D eigenvalue weighted by Gasteiger charge is 2.30. The van der Waals surface area contributed by atoms with Crippen LogP contribution in [0.1, 0.15) is 5.56 Å². The molecule has 0 bridgehead atoms. The molecule has 4 nitrogen and oxygen atoms in total. The fourth-order valence-electron chi connectivity index (χ4n) is 2.18. The summed E-state index contributed by atoms with van der Waals surface area (Å²) in [5.41, 5.74) is 1.20. The normalized spacial score (nSPS) is 20.8. The molecule has 17 heavy (non-hydrogen) atoms. The van der Waals surface area contributed by atoms with Crippen LogP contribution in [0.4, 0.5) is 0 Å². The molecule has 0 aromatic heterocycles. The van der Waals surface area contributed by atoms with E-state index >= 15 is 0 Å². The zero-order valence-corrected chi connectivity index (χ0v) is 10.4. The molecule has 0 aliphatic carbocycles. The number of benzene rings is 1. The minimum absolute atomic E-state index is 0. The Labute approximate surface area is 106 Å². The van der Waals surface area contributed by atoms with E-state index in [1.165, 1.54) is 5.56 Å². The molecule has 1 atom stereocenters. The lowest BCUT2D eigenvalue weighted by Crippen LogP contribution is -2.34. The van der Waals surface area contributed by atoms with Crippen LogP contribution in [0.2, 0.25) is 0 Å². The SMILES string of the molecule is COc1cccc2c1OC(C1=NCCN1)C2.Cl. The van der Waals surface area contributed by atoms with Crippen molar-refractivity contribution in [3.63, 3.8) is 0 Å². The standard InChI is InChI=1S/C12H14N2O2.ClH/c1-15-9-4-2-3-8-7-10(16-11(8)9)12-13-5-6-14-12;/h2-4,10H,5-7H2,1H3,(H,13,14);1H. The summed E-state index contributed by atoms with van der Waals surface area (Å²) in [7, 11) is 1.66. The Bertz CT molecular complexity index is 448. The smallest absolute Gasteiger partial charge is 0.165 e. The fourth-order valence-corrected chi connectivity index (χ4v) is 2.18. The number of rotatable bonds is 2. The predicted molar refractivity (Wildman–Crippen MR) is 68.7 cm³/mol. The van der Waals surface area contributed by atoms with Crippen LogP contribution in [0.15, 0.2) is 23.2 Å². The van der Waals surface area contributed by atoms with E-state index in [0.717, 1.165) is 36.8 Å². The lowest BCUT2D eigenvalue weighted by molar-refractivity contribution is 0.281. The number of nitrogens with one attached hydrogen (secondary N) is 1. The highest BCUT2D eigenvalue weighted by Crippen LogP contribution is 2.37. The number of methoxy groups -OCH3 is 1. The van der Waals surface area contributed by atoms with Crippen molar-refractivity contribution in [1.82, 2.24) is 5.32 Å². The number of halogens is 1. The van der Waals surface area contributed by atoms with Gasteiger partial charge in [0.1, 0.15) is 5.84 Å². The number of fused-ring (bicyclic) bond motifs is 1. The molecular formula is C12H15ClN2O2. The van der Waals surface area contributed by atoms with E-state index < -0.39 is 0 Å². The summed E-state index contributed by atoms with van der Waals surface area (Å²) in [4.78, 5) is 4.40. The monoisotopic (exact) mass is 254 g/mol. The molecule has 0 spiro atoms. The third-order valence-corrected chi connectivity index (χ3v) is 2.95. The van der Waals surface area contributed by atoms with Gasteiger partial charge in [-0.1, -0.05) is 12.1 Å². The molecule has 0 amide bonds.